The number of carbonyl (C=O) groups excluding carboxylic acids is 1. The molecule has 0 bridgehead atoms. The highest BCUT2D eigenvalue weighted by Crippen LogP contribution is 2.29. The van der Waals surface area contributed by atoms with Gasteiger partial charge in [-0.1, -0.05) is 42.5 Å². The lowest BCUT2D eigenvalue weighted by atomic mass is 10.1. The van der Waals surface area contributed by atoms with Crippen LogP contribution < -0.4 is 15.0 Å². The molecule has 5 heteroatoms. The zero-order chi connectivity index (χ0) is 19.8. The van der Waals surface area contributed by atoms with Crippen molar-refractivity contribution in [2.24, 2.45) is 0 Å². The molecule has 2 aromatic carbocycles. The molecule has 0 aliphatic carbocycles. The van der Waals surface area contributed by atoms with Gasteiger partial charge in [0, 0.05) is 32.7 Å². The Bertz CT molecular complexity index is 743. The van der Waals surface area contributed by atoms with Crippen molar-refractivity contribution in [2.75, 3.05) is 44.2 Å². The first-order valence-corrected chi connectivity index (χ1v) is 10.2. The number of para-hydroxylation sites is 2. The van der Waals surface area contributed by atoms with Crippen LogP contribution in [0.2, 0.25) is 0 Å². The van der Waals surface area contributed by atoms with E-state index < -0.39 is 0 Å². The summed E-state index contributed by atoms with van der Waals surface area (Å²) in [5.41, 5.74) is 2.39. The molecule has 3 rings (SSSR count). The van der Waals surface area contributed by atoms with Crippen LogP contribution in [0.5, 0.6) is 5.75 Å². The van der Waals surface area contributed by atoms with Crippen molar-refractivity contribution >= 4 is 11.6 Å². The van der Waals surface area contributed by atoms with Gasteiger partial charge in [0.2, 0.25) is 5.91 Å². The Kier molecular flexibility index (Phi) is 7.31. The molecule has 1 N–H and O–H groups in total. The third-order valence-electron chi connectivity index (χ3n) is 5.30. The monoisotopic (exact) mass is 381 g/mol. The predicted molar refractivity (Wildman–Crippen MR) is 114 cm³/mol. The zero-order valence-electron chi connectivity index (χ0n) is 16.9. The number of carbonyl (C=O) groups is 1. The first-order chi connectivity index (χ1) is 13.7. The number of hydrogen-bond donors (Lipinski definition) is 1. The first-order valence-electron chi connectivity index (χ1n) is 10.2. The van der Waals surface area contributed by atoms with Gasteiger partial charge in [0.1, 0.15) is 5.75 Å². The Morgan fingerprint density at radius 3 is 2.43 bits per heavy atom. The molecule has 0 radical (unpaired) electrons. The van der Waals surface area contributed by atoms with E-state index in [0.29, 0.717) is 13.2 Å². The molecule has 0 saturated carbocycles. The molecule has 150 valence electrons. The Labute approximate surface area is 168 Å². The molecule has 1 aliphatic heterocycles. The van der Waals surface area contributed by atoms with Crippen molar-refractivity contribution in [2.45, 2.75) is 26.3 Å². The molecule has 2 aromatic rings. The maximum atomic E-state index is 12.5. The van der Waals surface area contributed by atoms with E-state index in [1.54, 1.807) is 0 Å². The number of ether oxygens (including phenoxy) is 1. The predicted octanol–water partition coefficient (Wildman–Crippen LogP) is 2.95. The molecule has 1 fully saturated rings. The zero-order valence-corrected chi connectivity index (χ0v) is 16.9. The van der Waals surface area contributed by atoms with Gasteiger partial charge in [-0.15, -0.1) is 0 Å². The number of piperazine rings is 1. The molecule has 0 aromatic heterocycles. The quantitative estimate of drug-likeness (QED) is 0.764. The number of nitrogens with zero attached hydrogens (tertiary/aromatic N) is 2. The van der Waals surface area contributed by atoms with Gasteiger partial charge in [-0.05, 0) is 38.0 Å². The molecule has 0 spiro atoms. The lowest BCUT2D eigenvalue weighted by Crippen LogP contribution is -2.54. The summed E-state index contributed by atoms with van der Waals surface area (Å²) in [5, 5.41) is 3.08. The number of amides is 1. The average Bonchev–Trinajstić information content (AvgIpc) is 2.75. The average molecular weight is 382 g/mol. The van der Waals surface area contributed by atoms with Gasteiger partial charge in [-0.25, -0.2) is 0 Å². The van der Waals surface area contributed by atoms with E-state index >= 15 is 0 Å². The van der Waals surface area contributed by atoms with E-state index in [1.165, 1.54) is 5.56 Å². The Balaban J connectivity index is 1.47. The van der Waals surface area contributed by atoms with Crippen LogP contribution in [-0.2, 0) is 11.2 Å². The smallest absolute Gasteiger partial charge is 0.237 e. The van der Waals surface area contributed by atoms with Crippen molar-refractivity contribution in [1.82, 2.24) is 10.2 Å². The van der Waals surface area contributed by atoms with Crippen LogP contribution in [-0.4, -0.2) is 56.2 Å². The van der Waals surface area contributed by atoms with Gasteiger partial charge >= 0.3 is 0 Å². The maximum Gasteiger partial charge on any atom is 0.237 e. The second kappa shape index (κ2) is 10.1. The van der Waals surface area contributed by atoms with E-state index in [0.717, 1.165) is 44.0 Å². The van der Waals surface area contributed by atoms with Crippen LogP contribution in [0.3, 0.4) is 0 Å². The van der Waals surface area contributed by atoms with Gasteiger partial charge < -0.3 is 15.0 Å². The SMILES string of the molecule is CCOc1ccccc1N1CCN([C@@H](C)C(=O)NCCc2ccccc2)CC1. The second-order valence-electron chi connectivity index (χ2n) is 7.13. The molecule has 0 unspecified atom stereocenters. The molecule has 1 atom stereocenters. The van der Waals surface area contributed by atoms with Crippen molar-refractivity contribution in [3.05, 3.63) is 60.2 Å². The molecule has 5 nitrogen and oxygen atoms in total. The van der Waals surface area contributed by atoms with Crippen LogP contribution in [0.25, 0.3) is 0 Å². The number of nitrogens with one attached hydrogen (secondary N) is 1. The topological polar surface area (TPSA) is 44.8 Å². The van der Waals surface area contributed by atoms with E-state index in [9.17, 15) is 4.79 Å². The first kappa shape index (κ1) is 20.2. The van der Waals surface area contributed by atoms with E-state index in [-0.39, 0.29) is 11.9 Å². The van der Waals surface area contributed by atoms with Crippen LogP contribution in [0.15, 0.2) is 54.6 Å². The van der Waals surface area contributed by atoms with Crippen molar-refractivity contribution in [3.8, 4) is 5.75 Å². The summed E-state index contributed by atoms with van der Waals surface area (Å²) in [6.07, 6.45) is 0.862. The fourth-order valence-corrected chi connectivity index (χ4v) is 3.63. The van der Waals surface area contributed by atoms with E-state index in [1.807, 2.05) is 50.2 Å². The van der Waals surface area contributed by atoms with Crippen LogP contribution in [0.1, 0.15) is 19.4 Å². The third-order valence-corrected chi connectivity index (χ3v) is 5.30. The van der Waals surface area contributed by atoms with Gasteiger partial charge in [0.15, 0.2) is 0 Å². The van der Waals surface area contributed by atoms with Gasteiger partial charge in [0.25, 0.3) is 0 Å². The highest BCUT2D eigenvalue weighted by Gasteiger charge is 2.26. The highest BCUT2D eigenvalue weighted by atomic mass is 16.5. The molecule has 1 saturated heterocycles. The Morgan fingerprint density at radius 2 is 1.71 bits per heavy atom. The molecular formula is C23H31N3O2. The van der Waals surface area contributed by atoms with Crippen molar-refractivity contribution < 1.29 is 9.53 Å². The van der Waals surface area contributed by atoms with E-state index in [2.05, 4.69) is 33.3 Å². The van der Waals surface area contributed by atoms with Gasteiger partial charge in [-0.2, -0.15) is 0 Å². The van der Waals surface area contributed by atoms with Crippen LogP contribution in [0, 0.1) is 0 Å². The number of benzene rings is 2. The normalized spacial score (nSPS) is 15.9. The molecule has 28 heavy (non-hydrogen) atoms. The maximum absolute atomic E-state index is 12.5. The van der Waals surface area contributed by atoms with Gasteiger partial charge in [0.05, 0.1) is 18.3 Å². The Hall–Kier alpha value is -2.53. The minimum absolute atomic E-state index is 0.110. The molecule has 1 amide bonds. The summed E-state index contributed by atoms with van der Waals surface area (Å²) in [4.78, 5) is 17.1. The third kappa shape index (κ3) is 5.26. The molecule has 1 heterocycles. The summed E-state index contributed by atoms with van der Waals surface area (Å²) in [6.45, 7) is 8.87. The van der Waals surface area contributed by atoms with Gasteiger partial charge in [-0.3, -0.25) is 9.69 Å². The fourth-order valence-electron chi connectivity index (χ4n) is 3.63. The summed E-state index contributed by atoms with van der Waals surface area (Å²) in [7, 11) is 0. The highest BCUT2D eigenvalue weighted by molar-refractivity contribution is 5.81. The standard InChI is InChI=1S/C23H31N3O2/c1-3-28-22-12-8-7-11-21(22)26-17-15-25(16-18-26)19(2)23(27)24-14-13-20-9-5-4-6-10-20/h4-12,19H,3,13-18H2,1-2H3,(H,24,27)/t19-/m0/s1. The minimum Gasteiger partial charge on any atom is -0.492 e. The minimum atomic E-state index is -0.111. The fraction of sp³-hybridized carbons (Fsp3) is 0.435. The number of rotatable bonds is 8. The van der Waals surface area contributed by atoms with Crippen molar-refractivity contribution in [3.63, 3.8) is 0 Å². The molecular weight excluding hydrogens is 350 g/mol. The largest absolute Gasteiger partial charge is 0.492 e. The summed E-state index contributed by atoms with van der Waals surface area (Å²) < 4.78 is 5.76. The molecule has 1 aliphatic rings. The van der Waals surface area contributed by atoms with Crippen LogP contribution in [0.4, 0.5) is 5.69 Å². The number of anilines is 1. The van der Waals surface area contributed by atoms with E-state index in [4.69, 9.17) is 4.74 Å². The Morgan fingerprint density at radius 1 is 1.04 bits per heavy atom. The van der Waals surface area contributed by atoms with Crippen LogP contribution >= 0.6 is 0 Å². The second-order valence-corrected chi connectivity index (χ2v) is 7.13. The summed E-state index contributed by atoms with van der Waals surface area (Å²) in [6, 6.07) is 18.3. The lowest BCUT2D eigenvalue weighted by Gasteiger charge is -2.39. The van der Waals surface area contributed by atoms with Crippen molar-refractivity contribution in [1.29, 1.82) is 0 Å². The number of hydrogen-bond acceptors (Lipinski definition) is 4. The summed E-state index contributed by atoms with van der Waals surface area (Å²) >= 11 is 0. The summed E-state index contributed by atoms with van der Waals surface area (Å²) in [5.74, 6) is 1.05. The lowest BCUT2D eigenvalue weighted by molar-refractivity contribution is -0.125.